The smallest absolute Gasteiger partial charge is 0.387 e. The molecular weight excluding hydrogens is 1030 g/mol. The van der Waals surface area contributed by atoms with Gasteiger partial charge in [-0.2, -0.15) is 0 Å². The van der Waals surface area contributed by atoms with Gasteiger partial charge < -0.3 is 19.8 Å². The van der Waals surface area contributed by atoms with Gasteiger partial charge in [0.05, 0.1) is 39.9 Å². The summed E-state index contributed by atoms with van der Waals surface area (Å²) in [4.78, 5) is 23.4. The Morgan fingerprint density at radius 3 is 1.12 bits per heavy atom. The van der Waals surface area contributed by atoms with Crippen LogP contribution in [0.5, 0.6) is 0 Å². The maximum Gasteiger partial charge on any atom is 0.472 e. The van der Waals surface area contributed by atoms with E-state index in [2.05, 4.69) is 104 Å². The molecule has 0 aliphatic heterocycles. The number of hydrogen-bond acceptors (Lipinski definition) is 5. The zero-order valence-electron chi connectivity index (χ0n) is 54.5. The average molecular weight is 1170 g/mol. The number of aliphatic hydroxyl groups is 1. The molecule has 0 aromatic rings. The second-order valence-corrected chi connectivity index (χ2v) is 26.0. The van der Waals surface area contributed by atoms with Crippen LogP contribution in [0.3, 0.4) is 0 Å². The fraction of sp³-hybridized carbons (Fsp3) is 0.767. The number of aliphatic hydroxyl groups excluding tert-OH is 1. The predicted octanol–water partition coefficient (Wildman–Crippen LogP) is 22.1. The van der Waals surface area contributed by atoms with Crippen LogP contribution < -0.4 is 5.32 Å². The molecule has 0 spiro atoms. The standard InChI is InChI=1S/C73H133N2O6P/c1-6-8-10-12-14-16-18-20-22-24-26-27-28-29-30-31-32-33-34-35-36-37-38-39-40-41-42-43-44-45-46-47-49-51-53-55-57-59-61-63-65-67-73(77)74-71(70-81-82(78,79)80-69-68-75(3,4)5)72(76)66-64-62-60-58-56-54-52-50-48-25-23-21-19-17-15-13-11-9-7-2/h8,10,14,16,20,22,26-27,29-30,32-33,56,58,64,66,71-72,76H,6-7,9,11-13,15,17-19,21,23-25,28,31,34-55,57,59-63,65,67-70H2,1-5H3,(H-,74,77,78,79)/p+1/b10-8-,16-14-,22-20-,27-26-,30-29-,33-32-,58-56+,66-64+. The summed E-state index contributed by atoms with van der Waals surface area (Å²) in [6, 6.07) is -0.866. The fourth-order valence-corrected chi connectivity index (χ4v) is 10.7. The van der Waals surface area contributed by atoms with E-state index in [1.807, 2.05) is 27.2 Å². The third-order valence-electron chi connectivity index (χ3n) is 15.3. The number of quaternary nitrogens is 1. The highest BCUT2D eigenvalue weighted by molar-refractivity contribution is 7.47. The number of carbonyl (C=O) groups excluding carboxylic acids is 1. The first-order valence-electron chi connectivity index (χ1n) is 34.6. The molecule has 3 N–H and O–H groups in total. The van der Waals surface area contributed by atoms with Crippen molar-refractivity contribution < 1.29 is 32.9 Å². The number of phosphoric ester groups is 1. The van der Waals surface area contributed by atoms with Gasteiger partial charge in [-0.3, -0.25) is 13.8 Å². The predicted molar refractivity (Wildman–Crippen MR) is 359 cm³/mol. The van der Waals surface area contributed by atoms with Crippen LogP contribution in [0.1, 0.15) is 309 Å². The van der Waals surface area contributed by atoms with E-state index in [9.17, 15) is 19.4 Å². The second-order valence-electron chi connectivity index (χ2n) is 24.5. The molecule has 0 radical (unpaired) electrons. The molecule has 0 rings (SSSR count). The van der Waals surface area contributed by atoms with Crippen LogP contribution in [0.25, 0.3) is 0 Å². The van der Waals surface area contributed by atoms with Crippen molar-refractivity contribution in [2.45, 2.75) is 321 Å². The summed E-state index contributed by atoms with van der Waals surface area (Å²) in [6.07, 6.45) is 91.3. The maximum atomic E-state index is 13.0. The van der Waals surface area contributed by atoms with Crippen molar-refractivity contribution in [1.82, 2.24) is 5.32 Å². The van der Waals surface area contributed by atoms with E-state index in [-0.39, 0.29) is 19.1 Å². The number of unbranched alkanes of at least 4 members (excludes halogenated alkanes) is 36. The Balaban J connectivity index is 3.98. The van der Waals surface area contributed by atoms with E-state index in [1.165, 1.54) is 212 Å². The van der Waals surface area contributed by atoms with Crippen molar-refractivity contribution in [3.63, 3.8) is 0 Å². The molecule has 0 aromatic heterocycles. The first kappa shape index (κ1) is 79.4. The Labute approximate surface area is 509 Å². The molecule has 8 nitrogen and oxygen atoms in total. The lowest BCUT2D eigenvalue weighted by atomic mass is 10.0. The molecule has 3 atom stereocenters. The van der Waals surface area contributed by atoms with Gasteiger partial charge in [-0.05, 0) is 83.5 Å². The fourth-order valence-electron chi connectivity index (χ4n) is 9.95. The lowest BCUT2D eigenvalue weighted by molar-refractivity contribution is -0.870. The molecular formula is C73H134N2O6P+. The molecule has 9 heteroatoms. The van der Waals surface area contributed by atoms with Crippen LogP contribution in [0.4, 0.5) is 0 Å². The van der Waals surface area contributed by atoms with Crippen LogP contribution in [-0.4, -0.2) is 73.4 Å². The van der Waals surface area contributed by atoms with E-state index in [0.29, 0.717) is 17.4 Å². The van der Waals surface area contributed by atoms with Gasteiger partial charge in [-0.15, -0.1) is 0 Å². The van der Waals surface area contributed by atoms with Gasteiger partial charge in [0.25, 0.3) is 0 Å². The summed E-state index contributed by atoms with van der Waals surface area (Å²) in [5.74, 6) is -0.184. The summed E-state index contributed by atoms with van der Waals surface area (Å²) < 4.78 is 23.8. The SMILES string of the molecule is CC/C=C\C/C=C\C/C=C\C/C=C\C/C=C\C/C=C\CCCCCCCCCCCCCCCCCCCCCCCCC(=O)NC(COP(=O)(O)OCC[N+](C)(C)C)C(O)/C=C/CC/C=C/CCCCCCCCCCCCCCC. The first-order valence-corrected chi connectivity index (χ1v) is 36.1. The highest BCUT2D eigenvalue weighted by Gasteiger charge is 2.28. The minimum atomic E-state index is -4.36. The maximum absolute atomic E-state index is 13.0. The highest BCUT2D eigenvalue weighted by Crippen LogP contribution is 2.43. The highest BCUT2D eigenvalue weighted by atomic mass is 31.2. The van der Waals surface area contributed by atoms with E-state index >= 15 is 0 Å². The lowest BCUT2D eigenvalue weighted by Crippen LogP contribution is -2.45. The van der Waals surface area contributed by atoms with Gasteiger partial charge in [-0.1, -0.05) is 317 Å². The number of phosphoric acid groups is 1. The van der Waals surface area contributed by atoms with Crippen molar-refractivity contribution >= 4 is 13.7 Å². The molecule has 0 aliphatic carbocycles. The van der Waals surface area contributed by atoms with Crippen LogP contribution in [0.2, 0.25) is 0 Å². The van der Waals surface area contributed by atoms with Crippen molar-refractivity contribution in [1.29, 1.82) is 0 Å². The van der Waals surface area contributed by atoms with Crippen molar-refractivity contribution in [3.8, 4) is 0 Å². The average Bonchev–Trinajstić information content (AvgIpc) is 3.47. The number of nitrogens with one attached hydrogen (secondary N) is 1. The van der Waals surface area contributed by atoms with Crippen LogP contribution in [0, 0.1) is 0 Å². The molecule has 0 bridgehead atoms. The van der Waals surface area contributed by atoms with E-state index in [1.54, 1.807) is 6.08 Å². The Kier molecular flexibility index (Phi) is 61.0. The zero-order chi connectivity index (χ0) is 59.8. The van der Waals surface area contributed by atoms with Gasteiger partial charge in [0.15, 0.2) is 0 Å². The number of amides is 1. The van der Waals surface area contributed by atoms with Crippen LogP contribution in [0.15, 0.2) is 97.2 Å². The number of likely N-dealkylation sites (N-methyl/N-ethyl adjacent to an activating group) is 1. The summed E-state index contributed by atoms with van der Waals surface area (Å²) in [7, 11) is 1.56. The van der Waals surface area contributed by atoms with Gasteiger partial charge in [0.1, 0.15) is 13.2 Å². The van der Waals surface area contributed by atoms with Gasteiger partial charge in [-0.25, -0.2) is 4.57 Å². The van der Waals surface area contributed by atoms with Crippen molar-refractivity contribution in [2.75, 3.05) is 40.9 Å². The minimum Gasteiger partial charge on any atom is -0.387 e. The van der Waals surface area contributed by atoms with E-state index < -0.39 is 20.0 Å². The van der Waals surface area contributed by atoms with Crippen LogP contribution in [-0.2, 0) is 18.4 Å². The van der Waals surface area contributed by atoms with E-state index in [0.717, 1.165) is 77.0 Å². The summed E-state index contributed by atoms with van der Waals surface area (Å²) >= 11 is 0. The first-order chi connectivity index (χ1) is 40.0. The molecule has 82 heavy (non-hydrogen) atoms. The van der Waals surface area contributed by atoms with Crippen molar-refractivity contribution in [2.24, 2.45) is 0 Å². The quantitative estimate of drug-likeness (QED) is 0.0243. The van der Waals surface area contributed by atoms with Crippen molar-refractivity contribution in [3.05, 3.63) is 97.2 Å². The van der Waals surface area contributed by atoms with Gasteiger partial charge in [0.2, 0.25) is 5.91 Å². The molecule has 476 valence electrons. The number of carbonyl (C=O) groups is 1. The normalized spacial score (nSPS) is 14.3. The van der Waals surface area contributed by atoms with Gasteiger partial charge in [0, 0.05) is 6.42 Å². The molecule has 3 unspecified atom stereocenters. The molecule has 0 heterocycles. The number of allylic oxidation sites excluding steroid dienone is 15. The molecule has 0 fully saturated rings. The number of rotatable bonds is 63. The Morgan fingerprint density at radius 2 is 0.744 bits per heavy atom. The monoisotopic (exact) mass is 1170 g/mol. The summed E-state index contributed by atoms with van der Waals surface area (Å²) in [6.45, 7) is 4.71. The molecule has 0 aromatic carbocycles. The lowest BCUT2D eigenvalue weighted by Gasteiger charge is -2.25. The summed E-state index contributed by atoms with van der Waals surface area (Å²) in [5.41, 5.74) is 0. The second kappa shape index (κ2) is 62.9. The molecule has 0 saturated carbocycles. The topological polar surface area (TPSA) is 105 Å². The molecule has 0 saturated heterocycles. The Morgan fingerprint density at radius 1 is 0.427 bits per heavy atom. The number of nitrogens with zero attached hydrogens (tertiary/aromatic N) is 1. The Bertz CT molecular complexity index is 1660. The third-order valence-corrected chi connectivity index (χ3v) is 16.3. The Hall–Kier alpha value is -2.58. The number of hydrogen-bond donors (Lipinski definition) is 3. The zero-order valence-corrected chi connectivity index (χ0v) is 55.4. The van der Waals surface area contributed by atoms with E-state index in [4.69, 9.17) is 9.05 Å². The summed E-state index contributed by atoms with van der Waals surface area (Å²) in [5, 5.41) is 14.0. The minimum absolute atomic E-state index is 0.0552. The van der Waals surface area contributed by atoms with Crippen LogP contribution >= 0.6 is 7.82 Å². The molecule has 0 aliphatic rings. The molecule has 1 amide bonds. The van der Waals surface area contributed by atoms with Gasteiger partial charge >= 0.3 is 7.82 Å². The largest absolute Gasteiger partial charge is 0.472 e. The third kappa shape index (κ3) is 65.0.